The number of hydrogen-bond donors (Lipinski definition) is 1. The van der Waals surface area contributed by atoms with Crippen molar-refractivity contribution in [3.63, 3.8) is 0 Å². The molecule has 4 rings (SSSR count). The second-order valence-corrected chi connectivity index (χ2v) is 8.28. The number of thioether (sulfide) groups is 1. The van der Waals surface area contributed by atoms with Crippen LogP contribution >= 0.6 is 11.8 Å². The molecular weight excluding hydrogens is 423 g/mol. The van der Waals surface area contributed by atoms with Gasteiger partial charge in [-0.25, -0.2) is 4.39 Å². The van der Waals surface area contributed by atoms with Crippen molar-refractivity contribution in [1.82, 2.24) is 20.1 Å². The largest absolute Gasteiger partial charge is 0.351 e. The molecule has 0 bridgehead atoms. The second-order valence-electron chi connectivity index (χ2n) is 7.33. The number of nitrogens with zero attached hydrogens (tertiary/aromatic N) is 3. The van der Waals surface area contributed by atoms with Crippen LogP contribution in [0.4, 0.5) is 4.39 Å². The maximum Gasteiger partial charge on any atom is 0.254 e. The van der Waals surface area contributed by atoms with Crippen LogP contribution in [0, 0.1) is 12.7 Å². The van der Waals surface area contributed by atoms with Gasteiger partial charge in [0, 0.05) is 24.4 Å². The standard InChI is InChI=1S/C25H23FN4OS/c1-18-8-7-9-19(16-18)17-32-25-29-28-23(30(25)20-10-3-2-4-11-20)14-15-27-24(31)21-12-5-6-13-22(21)26/h2-13,16H,14-15,17H2,1H3,(H,27,31). The van der Waals surface area contributed by atoms with E-state index in [2.05, 4.69) is 46.7 Å². The highest BCUT2D eigenvalue weighted by molar-refractivity contribution is 7.98. The summed E-state index contributed by atoms with van der Waals surface area (Å²) in [6.07, 6.45) is 0.465. The fraction of sp³-hybridized carbons (Fsp3) is 0.160. The first-order valence-corrected chi connectivity index (χ1v) is 11.3. The lowest BCUT2D eigenvalue weighted by Gasteiger charge is -2.11. The van der Waals surface area contributed by atoms with E-state index in [9.17, 15) is 9.18 Å². The van der Waals surface area contributed by atoms with Gasteiger partial charge < -0.3 is 5.32 Å². The predicted molar refractivity (Wildman–Crippen MR) is 125 cm³/mol. The Morgan fingerprint density at radius 1 is 1.00 bits per heavy atom. The quantitative estimate of drug-likeness (QED) is 0.388. The topological polar surface area (TPSA) is 59.8 Å². The van der Waals surface area contributed by atoms with Gasteiger partial charge >= 0.3 is 0 Å². The number of aromatic nitrogens is 3. The summed E-state index contributed by atoms with van der Waals surface area (Å²) in [5, 5.41) is 12.3. The minimum absolute atomic E-state index is 0.0337. The van der Waals surface area contributed by atoms with E-state index in [1.165, 1.54) is 23.3 Å². The molecule has 0 saturated heterocycles. The van der Waals surface area contributed by atoms with E-state index in [4.69, 9.17) is 0 Å². The number of para-hydroxylation sites is 1. The zero-order valence-corrected chi connectivity index (χ0v) is 18.5. The highest BCUT2D eigenvalue weighted by Crippen LogP contribution is 2.25. The highest BCUT2D eigenvalue weighted by atomic mass is 32.2. The molecule has 0 aliphatic rings. The molecule has 3 aromatic carbocycles. The molecular formula is C25H23FN4OS. The van der Waals surface area contributed by atoms with E-state index in [0.29, 0.717) is 13.0 Å². The van der Waals surface area contributed by atoms with E-state index in [-0.39, 0.29) is 5.56 Å². The lowest BCUT2D eigenvalue weighted by atomic mass is 10.2. The summed E-state index contributed by atoms with van der Waals surface area (Å²) in [5.41, 5.74) is 3.43. The average molecular weight is 447 g/mol. The maximum absolute atomic E-state index is 13.8. The van der Waals surface area contributed by atoms with Crippen molar-refractivity contribution >= 4 is 17.7 Å². The molecule has 0 aliphatic carbocycles. The molecule has 7 heteroatoms. The van der Waals surface area contributed by atoms with Crippen LogP contribution in [-0.2, 0) is 12.2 Å². The Kier molecular flexibility index (Phi) is 6.97. The molecule has 5 nitrogen and oxygen atoms in total. The van der Waals surface area contributed by atoms with Crippen molar-refractivity contribution in [2.45, 2.75) is 24.3 Å². The normalized spacial score (nSPS) is 10.8. The molecule has 1 amide bonds. The number of nitrogens with one attached hydrogen (secondary N) is 1. The van der Waals surface area contributed by atoms with Gasteiger partial charge in [-0.3, -0.25) is 9.36 Å². The fourth-order valence-corrected chi connectivity index (χ4v) is 4.28. The number of amides is 1. The molecule has 0 radical (unpaired) electrons. The molecule has 1 heterocycles. The van der Waals surface area contributed by atoms with Gasteiger partial charge in [0.1, 0.15) is 11.6 Å². The predicted octanol–water partition coefficient (Wildman–Crippen LogP) is 4.98. The Labute approximate surface area is 190 Å². The lowest BCUT2D eigenvalue weighted by molar-refractivity contribution is 0.0950. The number of carbonyl (C=O) groups excluding carboxylic acids is 1. The molecule has 162 valence electrons. The minimum Gasteiger partial charge on any atom is -0.351 e. The van der Waals surface area contributed by atoms with Crippen LogP contribution in [0.15, 0.2) is 84.0 Å². The third kappa shape index (κ3) is 5.23. The van der Waals surface area contributed by atoms with Crippen LogP contribution in [0.5, 0.6) is 0 Å². The van der Waals surface area contributed by atoms with Crippen molar-refractivity contribution in [3.8, 4) is 5.69 Å². The summed E-state index contributed by atoms with van der Waals surface area (Å²) < 4.78 is 15.8. The number of rotatable bonds is 8. The number of hydrogen-bond acceptors (Lipinski definition) is 4. The number of carbonyl (C=O) groups is 1. The summed E-state index contributed by atoms with van der Waals surface area (Å²) in [7, 11) is 0. The zero-order valence-electron chi connectivity index (χ0n) is 17.7. The molecule has 0 fully saturated rings. The van der Waals surface area contributed by atoms with Gasteiger partial charge in [0.25, 0.3) is 5.91 Å². The van der Waals surface area contributed by atoms with Crippen molar-refractivity contribution in [1.29, 1.82) is 0 Å². The van der Waals surface area contributed by atoms with Crippen LogP contribution in [0.25, 0.3) is 5.69 Å². The van der Waals surface area contributed by atoms with Crippen LogP contribution in [0.2, 0.25) is 0 Å². The van der Waals surface area contributed by atoms with Gasteiger partial charge in [-0.05, 0) is 36.8 Å². The van der Waals surface area contributed by atoms with Crippen molar-refractivity contribution in [3.05, 3.63) is 107 Å². The summed E-state index contributed by atoms with van der Waals surface area (Å²) in [5.74, 6) is 0.531. The van der Waals surface area contributed by atoms with Crippen molar-refractivity contribution in [2.75, 3.05) is 6.54 Å². The van der Waals surface area contributed by atoms with Gasteiger partial charge in [0.15, 0.2) is 5.16 Å². The lowest BCUT2D eigenvalue weighted by Crippen LogP contribution is -2.27. The van der Waals surface area contributed by atoms with Gasteiger partial charge in [0.2, 0.25) is 0 Å². The highest BCUT2D eigenvalue weighted by Gasteiger charge is 2.16. The van der Waals surface area contributed by atoms with Crippen LogP contribution in [0.3, 0.4) is 0 Å². The summed E-state index contributed by atoms with van der Waals surface area (Å²) in [6.45, 7) is 2.40. The van der Waals surface area contributed by atoms with Gasteiger partial charge in [-0.15, -0.1) is 10.2 Å². The third-order valence-electron chi connectivity index (χ3n) is 4.92. The summed E-state index contributed by atoms with van der Waals surface area (Å²) >= 11 is 1.62. The second kappa shape index (κ2) is 10.2. The number of benzene rings is 3. The Balaban J connectivity index is 1.49. The molecule has 0 atom stereocenters. The first kappa shape index (κ1) is 21.8. The molecule has 0 saturated carbocycles. The average Bonchev–Trinajstić information content (AvgIpc) is 3.21. The van der Waals surface area contributed by atoms with Crippen LogP contribution < -0.4 is 5.32 Å². The van der Waals surface area contributed by atoms with E-state index in [1.54, 1.807) is 23.9 Å². The smallest absolute Gasteiger partial charge is 0.254 e. The zero-order chi connectivity index (χ0) is 22.3. The molecule has 4 aromatic rings. The molecule has 1 N–H and O–H groups in total. The van der Waals surface area contributed by atoms with Gasteiger partial charge in [-0.2, -0.15) is 0 Å². The van der Waals surface area contributed by atoms with Gasteiger partial charge in [-0.1, -0.05) is 71.9 Å². The number of halogens is 1. The molecule has 0 aliphatic heterocycles. The fourth-order valence-electron chi connectivity index (χ4n) is 3.37. The molecule has 32 heavy (non-hydrogen) atoms. The Morgan fingerprint density at radius 3 is 2.56 bits per heavy atom. The summed E-state index contributed by atoms with van der Waals surface area (Å²) in [6, 6.07) is 24.2. The minimum atomic E-state index is -0.535. The van der Waals surface area contributed by atoms with E-state index in [1.807, 2.05) is 34.9 Å². The van der Waals surface area contributed by atoms with E-state index < -0.39 is 11.7 Å². The first-order valence-electron chi connectivity index (χ1n) is 10.3. The van der Waals surface area contributed by atoms with E-state index >= 15 is 0 Å². The van der Waals surface area contributed by atoms with Crippen molar-refractivity contribution < 1.29 is 9.18 Å². The molecule has 1 aromatic heterocycles. The maximum atomic E-state index is 13.8. The SMILES string of the molecule is Cc1cccc(CSc2nnc(CCNC(=O)c3ccccc3F)n2-c2ccccc2)c1. The third-order valence-corrected chi connectivity index (χ3v) is 5.92. The Hall–Kier alpha value is -3.45. The monoisotopic (exact) mass is 446 g/mol. The summed E-state index contributed by atoms with van der Waals surface area (Å²) in [4.78, 5) is 12.3. The first-order chi connectivity index (χ1) is 15.6. The Morgan fingerprint density at radius 2 is 1.78 bits per heavy atom. The molecule has 0 spiro atoms. The van der Waals surface area contributed by atoms with E-state index in [0.717, 1.165) is 22.4 Å². The van der Waals surface area contributed by atoms with Gasteiger partial charge in [0.05, 0.1) is 5.56 Å². The number of aryl methyl sites for hydroxylation is 1. The van der Waals surface area contributed by atoms with Crippen LogP contribution in [0.1, 0.15) is 27.3 Å². The molecule has 0 unspecified atom stereocenters. The Bertz CT molecular complexity index is 1210. The van der Waals surface area contributed by atoms with Crippen molar-refractivity contribution in [2.24, 2.45) is 0 Å². The van der Waals surface area contributed by atoms with Crippen LogP contribution in [-0.4, -0.2) is 27.2 Å².